The Morgan fingerprint density at radius 2 is 1.94 bits per heavy atom. The summed E-state index contributed by atoms with van der Waals surface area (Å²) in [6.45, 7) is 1.99. The Bertz CT molecular complexity index is 1440. The first-order valence-electron chi connectivity index (χ1n) is 10.7. The van der Waals surface area contributed by atoms with Crippen molar-refractivity contribution >= 4 is 50.2 Å². The number of nitriles is 1. The van der Waals surface area contributed by atoms with Gasteiger partial charge >= 0.3 is 0 Å². The van der Waals surface area contributed by atoms with Crippen LogP contribution in [0, 0.1) is 17.1 Å². The van der Waals surface area contributed by atoms with Crippen LogP contribution in [0.15, 0.2) is 65.1 Å². The van der Waals surface area contributed by atoms with Gasteiger partial charge in [-0.2, -0.15) is 5.26 Å². The van der Waals surface area contributed by atoms with E-state index in [4.69, 9.17) is 9.47 Å². The van der Waals surface area contributed by atoms with Crippen LogP contribution in [-0.4, -0.2) is 29.1 Å². The largest absolute Gasteiger partial charge is 0.490 e. The molecule has 176 valence electrons. The number of nitrogens with one attached hydrogen (secondary N) is 2. The van der Waals surface area contributed by atoms with Gasteiger partial charge in [-0.1, -0.05) is 34.1 Å². The van der Waals surface area contributed by atoms with Gasteiger partial charge < -0.3 is 19.8 Å². The summed E-state index contributed by atoms with van der Waals surface area (Å²) >= 11 is 3.50. The number of amides is 1. The number of hydrogen-bond acceptors (Lipinski definition) is 5. The summed E-state index contributed by atoms with van der Waals surface area (Å²) in [7, 11) is 0. The summed E-state index contributed by atoms with van der Waals surface area (Å²) in [5, 5.41) is 12.5. The molecule has 0 aliphatic heterocycles. The van der Waals surface area contributed by atoms with Crippen molar-refractivity contribution < 1.29 is 18.7 Å². The third-order valence-electron chi connectivity index (χ3n) is 4.90. The molecule has 2 N–H and O–H groups in total. The maximum absolute atomic E-state index is 13.5. The minimum Gasteiger partial charge on any atom is -0.490 e. The normalized spacial score (nSPS) is 11.2. The Hall–Kier alpha value is -4.16. The standard InChI is InChI=1S/C26H20BrFN4O3/c1-2-34-23-11-16(10-17(14-29)26-31-21-9-8-18(28)12-22(21)32-26)20(27)13-24(23)35-15-25(33)30-19-6-4-3-5-7-19/h3-13H,2,15H2,1H3,(H,30,33)(H,31,32)/b17-10-. The monoisotopic (exact) mass is 534 g/mol. The molecule has 0 fully saturated rings. The smallest absolute Gasteiger partial charge is 0.262 e. The lowest BCUT2D eigenvalue weighted by Crippen LogP contribution is -2.20. The van der Waals surface area contributed by atoms with Gasteiger partial charge in [0.05, 0.1) is 23.2 Å². The van der Waals surface area contributed by atoms with Crippen LogP contribution in [0.1, 0.15) is 18.3 Å². The van der Waals surface area contributed by atoms with Crippen LogP contribution in [0.5, 0.6) is 11.5 Å². The lowest BCUT2D eigenvalue weighted by atomic mass is 10.1. The highest BCUT2D eigenvalue weighted by Gasteiger charge is 2.15. The van der Waals surface area contributed by atoms with Gasteiger partial charge in [0.1, 0.15) is 17.7 Å². The fraction of sp³-hybridized carbons (Fsp3) is 0.115. The van der Waals surface area contributed by atoms with E-state index in [1.54, 1.807) is 36.4 Å². The molecule has 35 heavy (non-hydrogen) atoms. The topological polar surface area (TPSA) is 100 Å². The van der Waals surface area contributed by atoms with E-state index < -0.39 is 5.82 Å². The summed E-state index contributed by atoms with van der Waals surface area (Å²) in [5.41, 5.74) is 2.60. The van der Waals surface area contributed by atoms with Crippen molar-refractivity contribution in [3.05, 3.63) is 82.3 Å². The molecule has 0 unspecified atom stereocenters. The molecule has 9 heteroatoms. The molecule has 0 spiro atoms. The van der Waals surface area contributed by atoms with Crippen LogP contribution in [-0.2, 0) is 4.79 Å². The van der Waals surface area contributed by atoms with Gasteiger partial charge in [-0.05, 0) is 61.0 Å². The second kappa shape index (κ2) is 10.8. The van der Waals surface area contributed by atoms with Crippen LogP contribution in [0.3, 0.4) is 0 Å². The number of rotatable bonds is 8. The number of para-hydroxylation sites is 1. The number of hydrogen-bond donors (Lipinski definition) is 2. The van der Waals surface area contributed by atoms with Crippen molar-refractivity contribution in [3.8, 4) is 17.6 Å². The lowest BCUT2D eigenvalue weighted by Gasteiger charge is -2.14. The zero-order chi connectivity index (χ0) is 24.8. The van der Waals surface area contributed by atoms with Crippen molar-refractivity contribution in [2.24, 2.45) is 0 Å². The summed E-state index contributed by atoms with van der Waals surface area (Å²) in [4.78, 5) is 19.6. The molecule has 1 heterocycles. The van der Waals surface area contributed by atoms with E-state index in [0.29, 0.717) is 50.7 Å². The first-order chi connectivity index (χ1) is 17.0. The van der Waals surface area contributed by atoms with Crippen LogP contribution < -0.4 is 14.8 Å². The number of nitrogens with zero attached hydrogens (tertiary/aromatic N) is 2. The number of aromatic amines is 1. The van der Waals surface area contributed by atoms with Gasteiger partial charge in [-0.25, -0.2) is 9.37 Å². The molecule has 7 nitrogen and oxygen atoms in total. The summed E-state index contributed by atoms with van der Waals surface area (Å²) in [5.74, 6) is 0.394. The Balaban J connectivity index is 1.58. The van der Waals surface area contributed by atoms with Gasteiger partial charge in [0.15, 0.2) is 18.1 Å². The van der Waals surface area contributed by atoms with Gasteiger partial charge in [0.25, 0.3) is 5.91 Å². The third-order valence-corrected chi connectivity index (χ3v) is 5.59. The van der Waals surface area contributed by atoms with Gasteiger partial charge in [0, 0.05) is 10.2 Å². The number of carbonyl (C=O) groups is 1. The SMILES string of the molecule is CCOc1cc(/C=C(/C#N)c2nc3ccc(F)cc3[nH]2)c(Br)cc1OCC(=O)Nc1ccccc1. The fourth-order valence-electron chi connectivity index (χ4n) is 3.32. The molecule has 0 saturated heterocycles. The zero-order valence-electron chi connectivity index (χ0n) is 18.6. The van der Waals surface area contributed by atoms with Crippen LogP contribution in [0.4, 0.5) is 10.1 Å². The lowest BCUT2D eigenvalue weighted by molar-refractivity contribution is -0.118. The molecule has 0 aliphatic carbocycles. The van der Waals surface area contributed by atoms with Crippen molar-refractivity contribution in [1.29, 1.82) is 5.26 Å². The van der Waals surface area contributed by atoms with Crippen LogP contribution >= 0.6 is 15.9 Å². The van der Waals surface area contributed by atoms with Crippen LogP contribution in [0.2, 0.25) is 0 Å². The molecule has 4 rings (SSSR count). The molecular formula is C26H20BrFN4O3. The summed E-state index contributed by atoms with van der Waals surface area (Å²) in [6.07, 6.45) is 1.63. The number of imidazole rings is 1. The number of benzene rings is 3. The fourth-order valence-corrected chi connectivity index (χ4v) is 3.76. The Kier molecular flexibility index (Phi) is 7.43. The minimum atomic E-state index is -0.396. The van der Waals surface area contributed by atoms with Crippen molar-refractivity contribution in [2.75, 3.05) is 18.5 Å². The summed E-state index contributed by atoms with van der Waals surface area (Å²) in [6, 6.07) is 18.8. The average molecular weight is 535 g/mol. The highest BCUT2D eigenvalue weighted by molar-refractivity contribution is 9.10. The molecule has 0 aliphatic rings. The van der Waals surface area contributed by atoms with Crippen molar-refractivity contribution in [1.82, 2.24) is 9.97 Å². The number of allylic oxidation sites excluding steroid dienone is 1. The van der Waals surface area contributed by atoms with Crippen molar-refractivity contribution in [3.63, 3.8) is 0 Å². The van der Waals surface area contributed by atoms with E-state index >= 15 is 0 Å². The Morgan fingerprint density at radius 1 is 1.17 bits per heavy atom. The van der Waals surface area contributed by atoms with Gasteiger partial charge in [-0.3, -0.25) is 4.79 Å². The van der Waals surface area contributed by atoms with E-state index in [0.717, 1.165) is 0 Å². The van der Waals surface area contributed by atoms with E-state index in [2.05, 4.69) is 37.3 Å². The van der Waals surface area contributed by atoms with E-state index in [1.807, 2.05) is 25.1 Å². The molecule has 4 aromatic rings. The van der Waals surface area contributed by atoms with E-state index in [1.165, 1.54) is 12.1 Å². The second-order valence-corrected chi connectivity index (χ2v) is 8.23. The van der Waals surface area contributed by atoms with Crippen molar-refractivity contribution in [2.45, 2.75) is 6.92 Å². The number of carbonyl (C=O) groups excluding carboxylic acids is 1. The maximum atomic E-state index is 13.5. The highest BCUT2D eigenvalue weighted by atomic mass is 79.9. The average Bonchev–Trinajstić information content (AvgIpc) is 3.26. The number of aromatic nitrogens is 2. The molecular weight excluding hydrogens is 515 g/mol. The second-order valence-electron chi connectivity index (χ2n) is 7.37. The van der Waals surface area contributed by atoms with Gasteiger partial charge in [0.2, 0.25) is 0 Å². The molecule has 0 bridgehead atoms. The predicted molar refractivity (Wildman–Crippen MR) is 135 cm³/mol. The van der Waals surface area contributed by atoms with Crippen LogP contribution in [0.25, 0.3) is 22.7 Å². The Morgan fingerprint density at radius 3 is 2.69 bits per heavy atom. The maximum Gasteiger partial charge on any atom is 0.262 e. The summed E-state index contributed by atoms with van der Waals surface area (Å²) < 4.78 is 25.6. The number of anilines is 1. The minimum absolute atomic E-state index is 0.213. The number of fused-ring (bicyclic) bond motifs is 1. The van der Waals surface area contributed by atoms with E-state index in [9.17, 15) is 14.4 Å². The first kappa shape index (κ1) is 24.0. The molecule has 0 atom stereocenters. The Labute approximate surface area is 209 Å². The number of H-pyrrole nitrogens is 1. The predicted octanol–water partition coefficient (Wildman–Crippen LogP) is 5.94. The number of ether oxygens (including phenoxy) is 2. The molecule has 3 aromatic carbocycles. The number of halogens is 2. The molecule has 1 aromatic heterocycles. The first-order valence-corrected chi connectivity index (χ1v) is 11.5. The third kappa shape index (κ3) is 5.86. The van der Waals surface area contributed by atoms with E-state index in [-0.39, 0.29) is 18.1 Å². The van der Waals surface area contributed by atoms with Gasteiger partial charge in [-0.15, -0.1) is 0 Å². The molecule has 0 radical (unpaired) electrons. The quantitative estimate of drug-likeness (QED) is 0.272. The molecule has 1 amide bonds. The molecule has 0 saturated carbocycles. The zero-order valence-corrected chi connectivity index (χ0v) is 20.2. The highest BCUT2D eigenvalue weighted by Crippen LogP contribution is 2.35.